The second-order valence-corrected chi connectivity index (χ2v) is 4.96. The normalized spacial score (nSPS) is 11.3. The van der Waals surface area contributed by atoms with Gasteiger partial charge in [0.25, 0.3) is 0 Å². The van der Waals surface area contributed by atoms with Crippen LogP contribution < -0.4 is 5.32 Å². The van der Waals surface area contributed by atoms with Crippen molar-refractivity contribution in [2.75, 3.05) is 11.9 Å². The van der Waals surface area contributed by atoms with Gasteiger partial charge in [0.05, 0.1) is 23.2 Å². The smallest absolute Gasteiger partial charge is 0.145 e. The number of rotatable bonds is 5. The van der Waals surface area contributed by atoms with E-state index in [1.165, 1.54) is 0 Å². The average molecular weight is 269 g/mol. The first-order chi connectivity index (χ1) is 9.68. The van der Waals surface area contributed by atoms with Gasteiger partial charge in [-0.3, -0.25) is 0 Å². The Hall–Kier alpha value is -2.12. The van der Waals surface area contributed by atoms with E-state index in [-0.39, 0.29) is 6.61 Å². The Balaban J connectivity index is 2.50. The van der Waals surface area contributed by atoms with Crippen molar-refractivity contribution in [3.8, 4) is 6.07 Å². The number of anilines is 1. The minimum absolute atomic E-state index is 0.0133. The van der Waals surface area contributed by atoms with Gasteiger partial charge in [0.2, 0.25) is 0 Å². The maximum atomic E-state index is 9.64. The molecule has 0 unspecified atom stereocenters. The molecule has 2 aromatic rings. The number of nitriles is 1. The van der Waals surface area contributed by atoms with Gasteiger partial charge in [-0.1, -0.05) is 32.0 Å². The number of hydrogen-bond donors (Lipinski definition) is 2. The van der Waals surface area contributed by atoms with E-state index in [1.807, 2.05) is 44.2 Å². The summed E-state index contributed by atoms with van der Waals surface area (Å²) in [6, 6.07) is 11.7. The van der Waals surface area contributed by atoms with Gasteiger partial charge in [0, 0.05) is 5.39 Å². The molecule has 1 heterocycles. The van der Waals surface area contributed by atoms with E-state index in [9.17, 15) is 10.4 Å². The molecule has 0 fully saturated rings. The third-order valence-electron chi connectivity index (χ3n) is 3.88. The molecule has 4 heteroatoms. The summed E-state index contributed by atoms with van der Waals surface area (Å²) in [5.74, 6) is 0.545. The summed E-state index contributed by atoms with van der Waals surface area (Å²) in [6.07, 6.45) is 1.53. The van der Waals surface area contributed by atoms with Gasteiger partial charge < -0.3 is 10.4 Å². The van der Waals surface area contributed by atoms with Gasteiger partial charge in [-0.15, -0.1) is 0 Å². The zero-order chi connectivity index (χ0) is 14.6. The van der Waals surface area contributed by atoms with Gasteiger partial charge in [-0.25, -0.2) is 4.98 Å². The Bertz CT molecular complexity index is 633. The largest absolute Gasteiger partial charge is 0.394 e. The zero-order valence-electron chi connectivity index (χ0n) is 11.8. The van der Waals surface area contributed by atoms with Crippen LogP contribution in [-0.2, 0) is 0 Å². The molecule has 0 spiro atoms. The van der Waals surface area contributed by atoms with Crippen molar-refractivity contribution in [3.05, 3.63) is 35.9 Å². The average Bonchev–Trinajstić information content (AvgIpc) is 2.52. The summed E-state index contributed by atoms with van der Waals surface area (Å²) in [4.78, 5) is 4.53. The minimum atomic E-state index is -0.430. The Morgan fingerprint density at radius 3 is 2.60 bits per heavy atom. The minimum Gasteiger partial charge on any atom is -0.394 e. The molecule has 0 saturated carbocycles. The number of para-hydroxylation sites is 1. The van der Waals surface area contributed by atoms with E-state index in [4.69, 9.17) is 0 Å². The molecule has 4 nitrogen and oxygen atoms in total. The molecule has 0 atom stereocenters. The lowest BCUT2D eigenvalue weighted by Gasteiger charge is -2.31. The third-order valence-corrected chi connectivity index (χ3v) is 3.88. The highest BCUT2D eigenvalue weighted by molar-refractivity contribution is 5.82. The first-order valence-corrected chi connectivity index (χ1v) is 6.87. The number of benzene rings is 1. The fourth-order valence-corrected chi connectivity index (χ4v) is 2.24. The highest BCUT2D eigenvalue weighted by Crippen LogP contribution is 2.25. The lowest BCUT2D eigenvalue weighted by Crippen LogP contribution is -2.41. The van der Waals surface area contributed by atoms with Crippen LogP contribution in [0.5, 0.6) is 0 Å². The lowest BCUT2D eigenvalue weighted by molar-refractivity contribution is 0.202. The molecule has 20 heavy (non-hydrogen) atoms. The van der Waals surface area contributed by atoms with Crippen molar-refractivity contribution in [3.63, 3.8) is 0 Å². The van der Waals surface area contributed by atoms with Gasteiger partial charge in [0.1, 0.15) is 11.9 Å². The molecule has 2 N–H and O–H groups in total. The second-order valence-electron chi connectivity index (χ2n) is 4.96. The van der Waals surface area contributed by atoms with Crippen molar-refractivity contribution < 1.29 is 5.11 Å². The van der Waals surface area contributed by atoms with Crippen molar-refractivity contribution in [1.82, 2.24) is 4.98 Å². The number of fused-ring (bicyclic) bond motifs is 1. The molecule has 104 valence electrons. The summed E-state index contributed by atoms with van der Waals surface area (Å²) >= 11 is 0. The zero-order valence-corrected chi connectivity index (χ0v) is 11.8. The molecular formula is C16H19N3O. The van der Waals surface area contributed by atoms with Crippen LogP contribution in [0, 0.1) is 11.3 Å². The van der Waals surface area contributed by atoms with Crippen LogP contribution in [0.25, 0.3) is 10.9 Å². The Morgan fingerprint density at radius 2 is 2.00 bits per heavy atom. The van der Waals surface area contributed by atoms with Gasteiger partial charge in [-0.05, 0) is 25.0 Å². The van der Waals surface area contributed by atoms with Crippen LogP contribution in [0.15, 0.2) is 30.3 Å². The Morgan fingerprint density at radius 1 is 1.30 bits per heavy atom. The fourth-order valence-electron chi connectivity index (χ4n) is 2.24. The predicted molar refractivity (Wildman–Crippen MR) is 80.5 cm³/mol. The maximum absolute atomic E-state index is 9.64. The molecule has 0 amide bonds. The molecule has 0 aliphatic heterocycles. The third kappa shape index (κ3) is 2.59. The molecule has 1 aromatic carbocycles. The highest BCUT2D eigenvalue weighted by Gasteiger charge is 2.26. The molecule has 0 saturated heterocycles. The van der Waals surface area contributed by atoms with Crippen LogP contribution in [0.3, 0.4) is 0 Å². The first-order valence-electron chi connectivity index (χ1n) is 6.87. The van der Waals surface area contributed by atoms with E-state index >= 15 is 0 Å². The number of pyridine rings is 1. The molecule has 2 rings (SSSR count). The van der Waals surface area contributed by atoms with Crippen LogP contribution in [-0.4, -0.2) is 22.2 Å². The number of aliphatic hydroxyl groups excluding tert-OH is 1. The van der Waals surface area contributed by atoms with Crippen molar-refractivity contribution in [2.45, 2.75) is 32.2 Å². The molecule has 0 aliphatic carbocycles. The van der Waals surface area contributed by atoms with E-state index in [2.05, 4.69) is 16.4 Å². The summed E-state index contributed by atoms with van der Waals surface area (Å²) in [5.41, 5.74) is 0.914. The standard InChI is InChI=1S/C16H19N3O/c1-3-16(4-2,11-20)19-15-13(10-17)9-12-7-5-6-8-14(12)18-15/h5-9,20H,3-4,11H2,1-2H3,(H,18,19). The fraction of sp³-hybridized carbons (Fsp3) is 0.375. The SMILES string of the molecule is CCC(CC)(CO)Nc1nc2ccccc2cc1C#N. The second kappa shape index (κ2) is 5.89. The van der Waals surface area contributed by atoms with Crippen LogP contribution in [0.1, 0.15) is 32.3 Å². The highest BCUT2D eigenvalue weighted by atomic mass is 16.3. The molecule has 1 aromatic heterocycles. The van der Waals surface area contributed by atoms with E-state index in [1.54, 1.807) is 0 Å². The number of aliphatic hydroxyl groups is 1. The van der Waals surface area contributed by atoms with Gasteiger partial charge >= 0.3 is 0 Å². The van der Waals surface area contributed by atoms with Crippen molar-refractivity contribution in [2.24, 2.45) is 0 Å². The lowest BCUT2D eigenvalue weighted by atomic mass is 9.93. The van der Waals surface area contributed by atoms with E-state index in [0.717, 1.165) is 23.7 Å². The van der Waals surface area contributed by atoms with Crippen molar-refractivity contribution in [1.29, 1.82) is 5.26 Å². The number of hydrogen-bond acceptors (Lipinski definition) is 4. The van der Waals surface area contributed by atoms with E-state index in [0.29, 0.717) is 11.4 Å². The number of nitrogens with one attached hydrogen (secondary N) is 1. The van der Waals surface area contributed by atoms with Crippen molar-refractivity contribution >= 4 is 16.7 Å². The first kappa shape index (κ1) is 14.3. The van der Waals surface area contributed by atoms with Crippen LogP contribution in [0.2, 0.25) is 0 Å². The summed E-state index contributed by atoms with van der Waals surface area (Å²) in [6.45, 7) is 4.04. The van der Waals surface area contributed by atoms with Gasteiger partial charge in [0.15, 0.2) is 0 Å². The maximum Gasteiger partial charge on any atom is 0.145 e. The van der Waals surface area contributed by atoms with Crippen LogP contribution >= 0.6 is 0 Å². The summed E-state index contributed by atoms with van der Waals surface area (Å²) < 4.78 is 0. The number of aromatic nitrogens is 1. The predicted octanol–water partition coefficient (Wildman–Crippen LogP) is 3.07. The quantitative estimate of drug-likeness (QED) is 0.875. The summed E-state index contributed by atoms with van der Waals surface area (Å²) in [5, 5.41) is 23.2. The Kier molecular flexibility index (Phi) is 4.21. The topological polar surface area (TPSA) is 68.9 Å². The monoisotopic (exact) mass is 269 g/mol. The van der Waals surface area contributed by atoms with Crippen LogP contribution in [0.4, 0.5) is 5.82 Å². The molecule has 0 radical (unpaired) electrons. The molecule has 0 bridgehead atoms. The Labute approximate surface area is 119 Å². The van der Waals surface area contributed by atoms with Gasteiger partial charge in [-0.2, -0.15) is 5.26 Å². The van der Waals surface area contributed by atoms with E-state index < -0.39 is 5.54 Å². The summed E-state index contributed by atoms with van der Waals surface area (Å²) in [7, 11) is 0. The molecular weight excluding hydrogens is 250 g/mol. The molecule has 0 aliphatic rings. The number of nitrogens with zero attached hydrogens (tertiary/aromatic N) is 2.